The molecule has 1 saturated heterocycles. The van der Waals surface area contributed by atoms with Crippen molar-refractivity contribution in [1.29, 1.82) is 0 Å². The number of nitrogens with one attached hydrogen (secondary N) is 2. The fourth-order valence-electron chi connectivity index (χ4n) is 4.04. The molecule has 1 fully saturated rings. The highest BCUT2D eigenvalue weighted by atomic mass is 79.9. The van der Waals surface area contributed by atoms with Crippen molar-refractivity contribution < 1.29 is 9.53 Å². The minimum atomic E-state index is -0.00844. The van der Waals surface area contributed by atoms with E-state index >= 15 is 0 Å². The Bertz CT molecular complexity index is 806. The molecule has 0 radical (unpaired) electrons. The maximum absolute atomic E-state index is 11.9. The van der Waals surface area contributed by atoms with Gasteiger partial charge in [0.15, 0.2) is 0 Å². The summed E-state index contributed by atoms with van der Waals surface area (Å²) in [5.41, 5.74) is 3.15. The zero-order valence-electron chi connectivity index (χ0n) is 14.8. The highest BCUT2D eigenvalue weighted by Gasteiger charge is 2.32. The highest BCUT2D eigenvalue weighted by molar-refractivity contribution is 9.10. The van der Waals surface area contributed by atoms with Gasteiger partial charge in [0.05, 0.1) is 6.61 Å². The zero-order chi connectivity index (χ0) is 18.1. The Morgan fingerprint density at radius 1 is 1.19 bits per heavy atom. The average molecular weight is 415 g/mol. The number of halogens is 1. The lowest BCUT2D eigenvalue weighted by atomic mass is 9.77. The smallest absolute Gasteiger partial charge is 0.252 e. The van der Waals surface area contributed by atoms with Crippen LogP contribution in [0.1, 0.15) is 40.7 Å². The molecule has 3 atom stereocenters. The van der Waals surface area contributed by atoms with Gasteiger partial charge in [-0.2, -0.15) is 0 Å². The first-order valence-corrected chi connectivity index (χ1v) is 9.94. The molecule has 2 aliphatic heterocycles. The lowest BCUT2D eigenvalue weighted by molar-refractivity contribution is 0.0965. The van der Waals surface area contributed by atoms with Crippen molar-refractivity contribution in [2.24, 2.45) is 5.92 Å². The number of carbonyl (C=O) groups is 1. The molecule has 0 bridgehead atoms. The summed E-state index contributed by atoms with van der Waals surface area (Å²) in [6.45, 7) is 4.51. The molecule has 136 valence electrons. The van der Waals surface area contributed by atoms with E-state index in [1.165, 1.54) is 5.56 Å². The first-order valence-electron chi connectivity index (χ1n) is 9.14. The van der Waals surface area contributed by atoms with Gasteiger partial charge < -0.3 is 15.4 Å². The topological polar surface area (TPSA) is 50.4 Å². The predicted octanol–water partition coefficient (Wildman–Crippen LogP) is 3.85. The summed E-state index contributed by atoms with van der Waals surface area (Å²) in [7, 11) is 0. The number of carbonyl (C=O) groups excluding carboxylic acids is 1. The number of benzene rings is 2. The second kappa shape index (κ2) is 7.41. The molecule has 5 heteroatoms. The Hall–Kier alpha value is -1.85. The number of piperidine rings is 1. The fourth-order valence-corrected chi connectivity index (χ4v) is 4.30. The van der Waals surface area contributed by atoms with E-state index in [2.05, 4.69) is 57.8 Å². The zero-order valence-corrected chi connectivity index (χ0v) is 16.4. The molecule has 2 heterocycles. The first-order chi connectivity index (χ1) is 12.6. The van der Waals surface area contributed by atoms with Crippen molar-refractivity contribution in [2.75, 3.05) is 13.2 Å². The summed E-state index contributed by atoms with van der Waals surface area (Å²) in [5, 5.41) is 6.42. The van der Waals surface area contributed by atoms with E-state index in [1.54, 1.807) is 0 Å². The van der Waals surface area contributed by atoms with Gasteiger partial charge in [-0.25, -0.2) is 0 Å². The summed E-state index contributed by atoms with van der Waals surface area (Å²) in [6.07, 6.45) is 1.10. The Balaban J connectivity index is 1.50. The second-order valence-electron chi connectivity index (χ2n) is 7.17. The minimum Gasteiger partial charge on any atom is -0.493 e. The average Bonchev–Trinajstić information content (AvgIpc) is 3.02. The lowest BCUT2D eigenvalue weighted by Gasteiger charge is -2.37. The predicted molar refractivity (Wildman–Crippen MR) is 106 cm³/mol. The number of hydrogen-bond donors (Lipinski definition) is 2. The molecule has 2 aliphatic rings. The first kappa shape index (κ1) is 17.6. The largest absolute Gasteiger partial charge is 0.493 e. The van der Waals surface area contributed by atoms with E-state index in [4.69, 9.17) is 4.74 Å². The third-order valence-corrected chi connectivity index (χ3v) is 6.12. The van der Waals surface area contributed by atoms with Crippen molar-refractivity contribution >= 4 is 21.8 Å². The van der Waals surface area contributed by atoms with Crippen LogP contribution in [0, 0.1) is 5.92 Å². The molecule has 4 rings (SSSR count). The molecule has 1 amide bonds. The molecular formula is C21H23BrN2O2. The Labute approximate surface area is 162 Å². The fraction of sp³-hybridized carbons (Fsp3) is 0.381. The van der Waals surface area contributed by atoms with E-state index in [1.807, 2.05) is 18.2 Å². The molecule has 4 nitrogen and oxygen atoms in total. The van der Waals surface area contributed by atoms with Gasteiger partial charge in [0.1, 0.15) is 5.75 Å². The maximum Gasteiger partial charge on any atom is 0.252 e. The number of fused-ring (bicyclic) bond motifs is 1. The van der Waals surface area contributed by atoms with Crippen LogP contribution >= 0.6 is 15.9 Å². The number of amides is 1. The van der Waals surface area contributed by atoms with Gasteiger partial charge in [-0.15, -0.1) is 0 Å². The van der Waals surface area contributed by atoms with Crippen molar-refractivity contribution in [1.82, 2.24) is 10.6 Å². The van der Waals surface area contributed by atoms with Gasteiger partial charge in [0.25, 0.3) is 5.91 Å². The monoisotopic (exact) mass is 414 g/mol. The molecule has 0 spiro atoms. The third kappa shape index (κ3) is 3.51. The molecule has 2 N–H and O–H groups in total. The summed E-state index contributed by atoms with van der Waals surface area (Å²) in [6, 6.07) is 14.8. The Morgan fingerprint density at radius 3 is 2.81 bits per heavy atom. The van der Waals surface area contributed by atoms with Crippen LogP contribution in [-0.2, 0) is 6.54 Å². The van der Waals surface area contributed by atoms with Crippen molar-refractivity contribution in [2.45, 2.75) is 31.8 Å². The molecule has 0 unspecified atom stereocenters. The van der Waals surface area contributed by atoms with Crippen molar-refractivity contribution in [3.63, 3.8) is 0 Å². The van der Waals surface area contributed by atoms with Gasteiger partial charge in [0.2, 0.25) is 0 Å². The van der Waals surface area contributed by atoms with Crippen LogP contribution < -0.4 is 15.4 Å². The maximum atomic E-state index is 11.9. The van der Waals surface area contributed by atoms with E-state index in [-0.39, 0.29) is 5.91 Å². The van der Waals surface area contributed by atoms with Crippen LogP contribution in [0.25, 0.3) is 0 Å². The molecular weight excluding hydrogens is 392 g/mol. The van der Waals surface area contributed by atoms with Crippen LogP contribution in [-0.4, -0.2) is 25.1 Å². The van der Waals surface area contributed by atoms with Gasteiger partial charge in [-0.05, 0) is 61.2 Å². The van der Waals surface area contributed by atoms with E-state index in [0.717, 1.165) is 34.3 Å². The normalized spacial score (nSPS) is 24.8. The van der Waals surface area contributed by atoms with E-state index < -0.39 is 0 Å². The highest BCUT2D eigenvalue weighted by Crippen LogP contribution is 2.34. The number of hydrogen-bond acceptors (Lipinski definition) is 3. The lowest BCUT2D eigenvalue weighted by Crippen LogP contribution is -2.45. The minimum absolute atomic E-state index is 0.00844. The van der Waals surface area contributed by atoms with Gasteiger partial charge in [0, 0.05) is 28.5 Å². The van der Waals surface area contributed by atoms with Crippen molar-refractivity contribution in [3.8, 4) is 5.75 Å². The summed E-state index contributed by atoms with van der Waals surface area (Å²) in [4.78, 5) is 11.9. The third-order valence-electron chi connectivity index (χ3n) is 5.59. The Kier molecular flexibility index (Phi) is 5.00. The van der Waals surface area contributed by atoms with Gasteiger partial charge >= 0.3 is 0 Å². The summed E-state index contributed by atoms with van der Waals surface area (Å²) in [5.74, 6) is 1.61. The van der Waals surface area contributed by atoms with Crippen LogP contribution in [0.4, 0.5) is 0 Å². The van der Waals surface area contributed by atoms with Crippen LogP contribution in [0.5, 0.6) is 5.75 Å². The van der Waals surface area contributed by atoms with Gasteiger partial charge in [-0.3, -0.25) is 4.79 Å². The van der Waals surface area contributed by atoms with Crippen LogP contribution in [0.2, 0.25) is 0 Å². The van der Waals surface area contributed by atoms with Gasteiger partial charge in [-0.1, -0.05) is 34.1 Å². The number of rotatable bonds is 4. The van der Waals surface area contributed by atoms with Crippen LogP contribution in [0.3, 0.4) is 0 Å². The molecule has 0 aliphatic carbocycles. The second-order valence-corrected chi connectivity index (χ2v) is 8.08. The number of ether oxygens (including phenoxy) is 1. The summed E-state index contributed by atoms with van der Waals surface area (Å²) < 4.78 is 7.24. The van der Waals surface area contributed by atoms with E-state index in [9.17, 15) is 4.79 Å². The SMILES string of the molecule is C[C@H]1NCC[C@@H](c2ccc(Br)cc2)[C@@H]1COc1ccc2c(c1)C(=O)NC2. The standard InChI is InChI=1S/C21H23BrN2O2/c1-13-20(18(8-9-23-13)14-2-5-16(22)6-3-14)12-26-17-7-4-15-11-24-21(25)19(15)10-17/h2-7,10,13,18,20,23H,8-9,11-12H2,1H3,(H,24,25)/t13-,18+,20-/m1/s1. The van der Waals surface area contributed by atoms with Crippen molar-refractivity contribution in [3.05, 3.63) is 63.6 Å². The quantitative estimate of drug-likeness (QED) is 0.798. The Morgan fingerprint density at radius 2 is 2.00 bits per heavy atom. The molecule has 26 heavy (non-hydrogen) atoms. The van der Waals surface area contributed by atoms with Crippen LogP contribution in [0.15, 0.2) is 46.9 Å². The molecule has 0 saturated carbocycles. The van der Waals surface area contributed by atoms with E-state index in [0.29, 0.717) is 31.0 Å². The summed E-state index contributed by atoms with van der Waals surface area (Å²) >= 11 is 3.52. The molecule has 2 aromatic rings. The molecule has 2 aromatic carbocycles. The molecule has 0 aromatic heterocycles.